The number of H-pyrrole nitrogens is 1. The Morgan fingerprint density at radius 2 is 1.73 bits per heavy atom. The van der Waals surface area contributed by atoms with Gasteiger partial charge in [0.2, 0.25) is 26.0 Å². The van der Waals surface area contributed by atoms with Gasteiger partial charge in [0.25, 0.3) is 0 Å². The topological polar surface area (TPSA) is 175 Å². The van der Waals surface area contributed by atoms with Crippen LogP contribution in [-0.4, -0.2) is 50.0 Å². The van der Waals surface area contributed by atoms with Gasteiger partial charge in [-0.3, -0.25) is 9.52 Å². The molecule has 2 atom stereocenters. The summed E-state index contributed by atoms with van der Waals surface area (Å²) >= 11 is 6.03. The third kappa shape index (κ3) is 8.60. The van der Waals surface area contributed by atoms with Crippen LogP contribution in [0.4, 0.5) is 30.7 Å². The average molecular weight is 745 g/mol. The van der Waals surface area contributed by atoms with Gasteiger partial charge in [0.15, 0.2) is 0 Å². The van der Waals surface area contributed by atoms with E-state index >= 15 is 4.39 Å². The second kappa shape index (κ2) is 13.3. The number of nitrogens with zero attached hydrogens (tertiary/aromatic N) is 1. The van der Waals surface area contributed by atoms with E-state index in [0.717, 1.165) is 24.3 Å². The lowest BCUT2D eigenvalue weighted by Crippen LogP contribution is -2.31. The molecule has 0 spiro atoms. The Kier molecular flexibility index (Phi) is 10.1. The van der Waals surface area contributed by atoms with Gasteiger partial charge in [-0.25, -0.2) is 35.7 Å². The molecule has 1 fully saturated rings. The highest BCUT2D eigenvalue weighted by molar-refractivity contribution is 7.90. The van der Waals surface area contributed by atoms with Gasteiger partial charge in [0.05, 0.1) is 34.0 Å². The van der Waals surface area contributed by atoms with Crippen molar-refractivity contribution in [2.45, 2.75) is 41.4 Å². The maximum absolute atomic E-state index is 15.1. The number of carboxylic acid groups (broad SMARTS) is 1. The van der Waals surface area contributed by atoms with Crippen LogP contribution in [0.25, 0.3) is 11.0 Å². The Morgan fingerprint density at radius 3 is 2.29 bits per heavy atom. The molecule has 1 aromatic heterocycles. The van der Waals surface area contributed by atoms with Crippen LogP contribution >= 0.6 is 11.6 Å². The molecule has 0 saturated carbocycles. The summed E-state index contributed by atoms with van der Waals surface area (Å²) in [6.45, 7) is 0. The SMILES string of the molecule is O=C(O)C(F)(F)F.O=C1C[C@@H](c2ccc(C[C@H](NS(=O)(=O)c3cccc(C(F)(F)F)c3)c3nc4ccc(Cl)cc4[nH]3)cc2F)S(=O)(=O)N1. The summed E-state index contributed by atoms with van der Waals surface area (Å²) in [5.74, 6) is -4.40. The number of alkyl halides is 6. The number of rotatable bonds is 7. The van der Waals surface area contributed by atoms with Crippen molar-refractivity contribution in [3.8, 4) is 0 Å². The summed E-state index contributed by atoms with van der Waals surface area (Å²) < 4.78 is 142. The lowest BCUT2D eigenvalue weighted by Gasteiger charge is -2.18. The number of carbonyl (C=O) groups excluding carboxylic acids is 1. The molecule has 0 unspecified atom stereocenters. The first kappa shape index (κ1) is 36.6. The zero-order chi connectivity index (χ0) is 35.8. The van der Waals surface area contributed by atoms with Crippen LogP contribution in [0.5, 0.6) is 0 Å². The molecule has 0 bridgehead atoms. The summed E-state index contributed by atoms with van der Waals surface area (Å²) in [6.07, 6.45) is -10.6. The third-order valence-electron chi connectivity index (χ3n) is 6.66. The van der Waals surface area contributed by atoms with Crippen molar-refractivity contribution >= 4 is 54.6 Å². The minimum Gasteiger partial charge on any atom is -0.475 e. The fourth-order valence-corrected chi connectivity index (χ4v) is 7.33. The Bertz CT molecular complexity index is 2100. The molecular weight excluding hydrogens is 725 g/mol. The van der Waals surface area contributed by atoms with E-state index in [1.54, 1.807) is 16.9 Å². The van der Waals surface area contributed by atoms with Crippen LogP contribution < -0.4 is 9.44 Å². The first-order valence-electron chi connectivity index (χ1n) is 13.0. The number of hydrogen-bond donors (Lipinski definition) is 4. The zero-order valence-corrected chi connectivity index (χ0v) is 25.9. The second-order valence-electron chi connectivity index (χ2n) is 10.1. The number of fused-ring (bicyclic) bond motifs is 1. The predicted molar refractivity (Wildman–Crippen MR) is 154 cm³/mol. The highest BCUT2D eigenvalue weighted by atomic mass is 35.5. The summed E-state index contributed by atoms with van der Waals surface area (Å²) in [6, 6.07) is 10.2. The number of aromatic nitrogens is 2. The lowest BCUT2D eigenvalue weighted by molar-refractivity contribution is -0.192. The van der Waals surface area contributed by atoms with Gasteiger partial charge in [-0.1, -0.05) is 29.8 Å². The van der Waals surface area contributed by atoms with Crippen molar-refractivity contribution in [3.63, 3.8) is 0 Å². The fraction of sp³-hybridized carbons (Fsp3) is 0.222. The number of hydrogen-bond acceptors (Lipinski definition) is 7. The molecule has 0 radical (unpaired) electrons. The number of aliphatic carboxylic acids is 1. The van der Waals surface area contributed by atoms with E-state index in [0.29, 0.717) is 22.1 Å². The normalized spacial score (nSPS) is 17.0. The Hall–Kier alpha value is -4.27. The van der Waals surface area contributed by atoms with Gasteiger partial charge in [-0.05, 0) is 54.4 Å². The van der Waals surface area contributed by atoms with E-state index < -0.39 is 78.3 Å². The second-order valence-corrected chi connectivity index (χ2v) is 14.1. The summed E-state index contributed by atoms with van der Waals surface area (Å²) in [4.78, 5) is 27.1. The first-order chi connectivity index (χ1) is 22.1. The van der Waals surface area contributed by atoms with Gasteiger partial charge in [-0.15, -0.1) is 0 Å². The summed E-state index contributed by atoms with van der Waals surface area (Å²) in [5.41, 5.74) is -0.343. The van der Waals surface area contributed by atoms with Crippen molar-refractivity contribution in [2.75, 3.05) is 0 Å². The largest absolute Gasteiger partial charge is 0.490 e. The maximum Gasteiger partial charge on any atom is 0.490 e. The molecule has 1 aliphatic heterocycles. The Morgan fingerprint density at radius 1 is 1.06 bits per heavy atom. The highest BCUT2D eigenvalue weighted by Gasteiger charge is 2.40. The standard InChI is InChI=1S/C25H19ClF4N4O5S2.C2HF3O2/c26-15-5-7-19-20(11-15)32-24(31-19)21(33-40(36,37)16-3-1-2-14(10-16)25(28,29)30)9-13-4-6-17(18(27)8-13)22-12-23(35)34-41(22,38)39;3-2(4,5)1(6)7/h1-8,10-11,21-22,33H,9,12H2,(H,31,32)(H,34,35);(H,6,7)/t21-,22-;/m0./s1. The van der Waals surface area contributed by atoms with Crippen molar-refractivity contribution < 1.29 is 62.3 Å². The maximum atomic E-state index is 15.1. The molecule has 11 nitrogen and oxygen atoms in total. The number of carboxylic acids is 1. The van der Waals surface area contributed by atoms with E-state index in [1.165, 1.54) is 18.2 Å². The molecule has 21 heteroatoms. The average Bonchev–Trinajstić information content (AvgIpc) is 3.50. The van der Waals surface area contributed by atoms with Crippen LogP contribution in [0.1, 0.15) is 40.2 Å². The van der Waals surface area contributed by atoms with Crippen molar-refractivity contribution in [1.29, 1.82) is 0 Å². The Labute approximate surface area is 271 Å². The molecule has 3 aromatic carbocycles. The predicted octanol–water partition coefficient (Wildman–Crippen LogP) is 5.16. The molecule has 1 saturated heterocycles. The number of carbonyl (C=O) groups is 2. The fourth-order valence-electron chi connectivity index (χ4n) is 4.48. The van der Waals surface area contributed by atoms with E-state index in [9.17, 15) is 48.0 Å². The smallest absolute Gasteiger partial charge is 0.475 e. The minimum atomic E-state index is -5.08. The molecule has 48 heavy (non-hydrogen) atoms. The zero-order valence-electron chi connectivity index (χ0n) is 23.5. The van der Waals surface area contributed by atoms with Gasteiger partial charge < -0.3 is 10.1 Å². The van der Waals surface area contributed by atoms with E-state index in [-0.39, 0.29) is 23.4 Å². The number of aromatic amines is 1. The number of imidazole rings is 1. The molecule has 2 heterocycles. The quantitative estimate of drug-likeness (QED) is 0.188. The summed E-state index contributed by atoms with van der Waals surface area (Å²) in [7, 11) is -8.68. The van der Waals surface area contributed by atoms with E-state index in [1.807, 2.05) is 0 Å². The number of halogens is 8. The van der Waals surface area contributed by atoms with Crippen molar-refractivity contribution in [1.82, 2.24) is 19.4 Å². The number of amides is 1. The van der Waals surface area contributed by atoms with Crippen LogP contribution in [0.15, 0.2) is 65.6 Å². The van der Waals surface area contributed by atoms with Crippen LogP contribution in [0, 0.1) is 5.82 Å². The van der Waals surface area contributed by atoms with Crippen LogP contribution in [0.2, 0.25) is 5.02 Å². The first-order valence-corrected chi connectivity index (χ1v) is 16.5. The molecule has 0 aliphatic carbocycles. The molecule has 4 N–H and O–H groups in total. The van der Waals surface area contributed by atoms with Crippen LogP contribution in [0.3, 0.4) is 0 Å². The third-order valence-corrected chi connectivity index (χ3v) is 10.0. The summed E-state index contributed by atoms with van der Waals surface area (Å²) in [5, 5.41) is 6.06. The molecular formula is C27H20ClF7N4O7S2. The van der Waals surface area contributed by atoms with Crippen molar-refractivity contribution in [2.24, 2.45) is 0 Å². The van der Waals surface area contributed by atoms with Gasteiger partial charge in [0.1, 0.15) is 16.9 Å². The molecule has 5 rings (SSSR count). The van der Waals surface area contributed by atoms with Crippen molar-refractivity contribution in [3.05, 3.63) is 94.0 Å². The Balaban J connectivity index is 0.000000671. The number of benzene rings is 3. The number of nitrogens with one attached hydrogen (secondary N) is 3. The van der Waals surface area contributed by atoms with Gasteiger partial charge in [0, 0.05) is 10.6 Å². The molecule has 1 amide bonds. The monoisotopic (exact) mass is 744 g/mol. The minimum absolute atomic E-state index is 0.0652. The molecule has 4 aromatic rings. The van der Waals surface area contributed by atoms with Gasteiger partial charge >= 0.3 is 18.3 Å². The van der Waals surface area contributed by atoms with Gasteiger partial charge in [-0.2, -0.15) is 26.3 Å². The van der Waals surface area contributed by atoms with E-state index in [4.69, 9.17) is 21.5 Å². The van der Waals surface area contributed by atoms with Crippen LogP contribution in [-0.2, 0) is 42.2 Å². The highest BCUT2D eigenvalue weighted by Crippen LogP contribution is 2.34. The molecule has 258 valence electrons. The number of sulfonamides is 2. The molecule has 1 aliphatic rings. The lowest BCUT2D eigenvalue weighted by atomic mass is 10.0. The van der Waals surface area contributed by atoms with E-state index in [2.05, 4.69) is 14.7 Å².